The molecule has 98 valence electrons. The Morgan fingerprint density at radius 1 is 1.32 bits per heavy atom. The van der Waals surface area contributed by atoms with Crippen molar-refractivity contribution >= 4 is 15.9 Å². The Hall–Kier alpha value is -1.64. The van der Waals surface area contributed by atoms with E-state index < -0.39 is 0 Å². The molecule has 1 aromatic heterocycles. The van der Waals surface area contributed by atoms with Crippen molar-refractivity contribution in [2.24, 2.45) is 7.05 Å². The van der Waals surface area contributed by atoms with Crippen molar-refractivity contribution in [3.63, 3.8) is 0 Å². The SMILES string of the molecule is CN(C)C(C#N)c1c(Br)nc(-c2ccccc2)n1C. The summed E-state index contributed by atoms with van der Waals surface area (Å²) in [6.07, 6.45) is 0. The predicted molar refractivity (Wildman–Crippen MR) is 78.4 cm³/mol. The minimum Gasteiger partial charge on any atom is -0.328 e. The Morgan fingerprint density at radius 3 is 2.47 bits per heavy atom. The van der Waals surface area contributed by atoms with Crippen molar-refractivity contribution in [2.45, 2.75) is 6.04 Å². The van der Waals surface area contributed by atoms with Gasteiger partial charge in [-0.25, -0.2) is 4.98 Å². The van der Waals surface area contributed by atoms with E-state index >= 15 is 0 Å². The predicted octanol–water partition coefficient (Wildman–Crippen LogP) is 2.98. The lowest BCUT2D eigenvalue weighted by molar-refractivity contribution is 0.346. The molecule has 1 unspecified atom stereocenters. The van der Waals surface area contributed by atoms with Crippen molar-refractivity contribution in [3.8, 4) is 17.5 Å². The second-order valence-electron chi connectivity index (χ2n) is 4.53. The summed E-state index contributed by atoms with van der Waals surface area (Å²) in [5, 5.41) is 9.32. The first-order chi connectivity index (χ1) is 9.06. The topological polar surface area (TPSA) is 44.9 Å². The summed E-state index contributed by atoms with van der Waals surface area (Å²) in [5.41, 5.74) is 1.90. The molecule has 0 spiro atoms. The van der Waals surface area contributed by atoms with E-state index in [2.05, 4.69) is 27.0 Å². The van der Waals surface area contributed by atoms with Crippen LogP contribution in [0.15, 0.2) is 34.9 Å². The molecule has 0 amide bonds. The van der Waals surface area contributed by atoms with Crippen molar-refractivity contribution in [1.29, 1.82) is 5.26 Å². The lowest BCUT2D eigenvalue weighted by Crippen LogP contribution is -2.21. The van der Waals surface area contributed by atoms with E-state index in [0.717, 1.165) is 17.1 Å². The molecular weight excluding hydrogens is 304 g/mol. The van der Waals surface area contributed by atoms with E-state index in [0.29, 0.717) is 4.60 Å². The van der Waals surface area contributed by atoms with Crippen LogP contribution in [0, 0.1) is 11.3 Å². The summed E-state index contributed by atoms with van der Waals surface area (Å²) in [7, 11) is 5.70. The zero-order valence-electron chi connectivity index (χ0n) is 11.1. The second kappa shape index (κ2) is 5.55. The van der Waals surface area contributed by atoms with Crippen LogP contribution in [-0.2, 0) is 7.05 Å². The van der Waals surface area contributed by atoms with Gasteiger partial charge in [-0.2, -0.15) is 5.26 Å². The minimum atomic E-state index is -0.329. The number of hydrogen-bond acceptors (Lipinski definition) is 3. The third kappa shape index (κ3) is 2.55. The van der Waals surface area contributed by atoms with E-state index in [1.54, 1.807) is 0 Å². The molecule has 0 fully saturated rings. The van der Waals surface area contributed by atoms with E-state index in [9.17, 15) is 5.26 Å². The largest absolute Gasteiger partial charge is 0.328 e. The molecule has 1 heterocycles. The normalized spacial score (nSPS) is 12.4. The average Bonchev–Trinajstić information content (AvgIpc) is 2.68. The number of imidazole rings is 1. The number of nitriles is 1. The highest BCUT2D eigenvalue weighted by atomic mass is 79.9. The number of halogens is 1. The molecule has 1 atom stereocenters. The first kappa shape index (κ1) is 13.8. The maximum atomic E-state index is 9.32. The van der Waals surface area contributed by atoms with Crippen LogP contribution in [0.5, 0.6) is 0 Å². The molecule has 2 aromatic rings. The third-order valence-corrected chi connectivity index (χ3v) is 3.61. The van der Waals surface area contributed by atoms with Crippen LogP contribution < -0.4 is 0 Å². The Bertz CT molecular complexity index is 610. The first-order valence-corrected chi connectivity index (χ1v) is 6.69. The van der Waals surface area contributed by atoms with Gasteiger partial charge in [0, 0.05) is 12.6 Å². The molecule has 5 heteroatoms. The van der Waals surface area contributed by atoms with E-state index in [1.165, 1.54) is 0 Å². The van der Waals surface area contributed by atoms with E-state index in [4.69, 9.17) is 0 Å². The highest BCUT2D eigenvalue weighted by Crippen LogP contribution is 2.30. The second-order valence-corrected chi connectivity index (χ2v) is 5.28. The molecule has 0 saturated carbocycles. The van der Waals surface area contributed by atoms with Crippen LogP contribution in [0.1, 0.15) is 11.7 Å². The molecule has 1 aromatic carbocycles. The molecule has 0 aliphatic rings. The van der Waals surface area contributed by atoms with Crippen molar-refractivity contribution in [3.05, 3.63) is 40.6 Å². The van der Waals surface area contributed by atoms with Gasteiger partial charge in [-0.05, 0) is 30.0 Å². The summed E-state index contributed by atoms with van der Waals surface area (Å²) < 4.78 is 2.68. The van der Waals surface area contributed by atoms with Crippen LogP contribution in [0.2, 0.25) is 0 Å². The summed E-state index contributed by atoms with van der Waals surface area (Å²) in [4.78, 5) is 6.41. The van der Waals surface area contributed by atoms with Crippen LogP contribution in [0.25, 0.3) is 11.4 Å². The maximum absolute atomic E-state index is 9.32. The summed E-state index contributed by atoms with van der Waals surface area (Å²) in [6.45, 7) is 0. The third-order valence-electron chi connectivity index (χ3n) is 3.02. The molecule has 0 N–H and O–H groups in total. The Labute approximate surface area is 121 Å². The molecular formula is C14H15BrN4. The lowest BCUT2D eigenvalue weighted by atomic mass is 10.2. The van der Waals surface area contributed by atoms with Crippen LogP contribution >= 0.6 is 15.9 Å². The summed E-state index contributed by atoms with van der Waals surface area (Å²) in [6, 6.07) is 11.9. The van der Waals surface area contributed by atoms with Crippen LogP contribution in [0.3, 0.4) is 0 Å². The Balaban J connectivity index is 2.56. The molecule has 0 aliphatic heterocycles. The van der Waals surface area contributed by atoms with Crippen molar-refractivity contribution < 1.29 is 0 Å². The van der Waals surface area contributed by atoms with E-state index in [-0.39, 0.29) is 6.04 Å². The minimum absolute atomic E-state index is 0.329. The van der Waals surface area contributed by atoms with Crippen molar-refractivity contribution in [2.75, 3.05) is 14.1 Å². The van der Waals surface area contributed by atoms with Gasteiger partial charge in [-0.3, -0.25) is 4.90 Å². The van der Waals surface area contributed by atoms with E-state index in [1.807, 2.05) is 60.9 Å². The fraction of sp³-hybridized carbons (Fsp3) is 0.286. The molecule has 2 rings (SSSR count). The van der Waals surface area contributed by atoms with Crippen LogP contribution in [-0.4, -0.2) is 28.5 Å². The number of aromatic nitrogens is 2. The zero-order valence-corrected chi connectivity index (χ0v) is 12.7. The molecule has 0 bridgehead atoms. The number of nitrogens with zero attached hydrogens (tertiary/aromatic N) is 4. The van der Waals surface area contributed by atoms with Gasteiger partial charge < -0.3 is 4.57 Å². The molecule has 0 radical (unpaired) electrons. The molecule has 4 nitrogen and oxygen atoms in total. The quantitative estimate of drug-likeness (QED) is 0.874. The van der Waals surface area contributed by atoms with Crippen LogP contribution in [0.4, 0.5) is 0 Å². The molecule has 0 aliphatic carbocycles. The Kier molecular flexibility index (Phi) is 4.03. The van der Waals surface area contributed by atoms with Gasteiger partial charge in [-0.15, -0.1) is 0 Å². The molecule has 0 saturated heterocycles. The standard InChI is InChI=1S/C14H15BrN4/c1-18(2)11(9-16)12-13(15)17-14(19(12)3)10-7-5-4-6-8-10/h4-8,11H,1-3H3. The fourth-order valence-electron chi connectivity index (χ4n) is 2.04. The number of benzene rings is 1. The highest BCUT2D eigenvalue weighted by Gasteiger charge is 2.23. The average molecular weight is 319 g/mol. The van der Waals surface area contributed by atoms with Gasteiger partial charge in [0.05, 0.1) is 11.8 Å². The van der Waals surface area contributed by atoms with Gasteiger partial charge in [0.15, 0.2) is 0 Å². The number of rotatable bonds is 3. The smallest absolute Gasteiger partial charge is 0.141 e. The lowest BCUT2D eigenvalue weighted by Gasteiger charge is -2.18. The summed E-state index contributed by atoms with van der Waals surface area (Å²) in [5.74, 6) is 0.851. The van der Waals surface area contributed by atoms with Gasteiger partial charge in [0.1, 0.15) is 16.5 Å². The van der Waals surface area contributed by atoms with Gasteiger partial charge in [-0.1, -0.05) is 30.3 Å². The zero-order chi connectivity index (χ0) is 14.0. The van der Waals surface area contributed by atoms with Crippen molar-refractivity contribution in [1.82, 2.24) is 14.5 Å². The molecule has 19 heavy (non-hydrogen) atoms. The maximum Gasteiger partial charge on any atom is 0.141 e. The number of hydrogen-bond donors (Lipinski definition) is 0. The van der Waals surface area contributed by atoms with Gasteiger partial charge in [0.25, 0.3) is 0 Å². The van der Waals surface area contributed by atoms with Gasteiger partial charge >= 0.3 is 0 Å². The van der Waals surface area contributed by atoms with Gasteiger partial charge in [0.2, 0.25) is 0 Å². The first-order valence-electron chi connectivity index (χ1n) is 5.89. The Morgan fingerprint density at radius 2 is 1.95 bits per heavy atom. The highest BCUT2D eigenvalue weighted by molar-refractivity contribution is 9.10. The summed E-state index contributed by atoms with van der Waals surface area (Å²) >= 11 is 3.47. The monoisotopic (exact) mass is 318 g/mol. The fourth-order valence-corrected chi connectivity index (χ4v) is 2.69.